The van der Waals surface area contributed by atoms with Gasteiger partial charge in [0.1, 0.15) is 11.0 Å². The summed E-state index contributed by atoms with van der Waals surface area (Å²) >= 11 is 6.84. The van der Waals surface area contributed by atoms with E-state index in [0.717, 1.165) is 18.0 Å². The van der Waals surface area contributed by atoms with Gasteiger partial charge in [-0.3, -0.25) is 4.79 Å². The molecule has 1 aliphatic heterocycles. The van der Waals surface area contributed by atoms with Crippen LogP contribution in [0.15, 0.2) is 12.4 Å². The number of carbonyl (C=O) groups excluding carboxylic acids is 1. The molecule has 1 amide bonds. The molecule has 2 aromatic rings. The van der Waals surface area contributed by atoms with Crippen LogP contribution in [0.3, 0.4) is 0 Å². The number of aryl methyl sites for hydroxylation is 1. The van der Waals surface area contributed by atoms with Crippen LogP contribution in [-0.4, -0.2) is 49.6 Å². The van der Waals surface area contributed by atoms with E-state index in [1.807, 2.05) is 0 Å². The van der Waals surface area contributed by atoms with Crippen molar-refractivity contribution in [2.75, 3.05) is 13.1 Å². The van der Waals surface area contributed by atoms with Crippen molar-refractivity contribution in [1.29, 1.82) is 0 Å². The summed E-state index contributed by atoms with van der Waals surface area (Å²) < 4.78 is 9.45. The zero-order valence-electron chi connectivity index (χ0n) is 11.2. The SMILES string of the molecule is Cc1nnsc1C(=O)N1CCC(Oc2ncc(Cl)cn2)C1. The maximum absolute atomic E-state index is 12.3. The number of hydrogen-bond donors (Lipinski definition) is 0. The zero-order valence-corrected chi connectivity index (χ0v) is 12.8. The maximum atomic E-state index is 12.3. The highest BCUT2D eigenvalue weighted by molar-refractivity contribution is 7.07. The second-order valence-electron chi connectivity index (χ2n) is 4.65. The molecule has 0 radical (unpaired) electrons. The Hall–Kier alpha value is -1.80. The third-order valence-electron chi connectivity index (χ3n) is 3.15. The summed E-state index contributed by atoms with van der Waals surface area (Å²) in [5.41, 5.74) is 0.662. The van der Waals surface area contributed by atoms with Gasteiger partial charge in [0, 0.05) is 13.0 Å². The summed E-state index contributed by atoms with van der Waals surface area (Å²) in [4.78, 5) is 22.6. The molecular weight excluding hydrogens is 314 g/mol. The average Bonchev–Trinajstić information content (AvgIpc) is 3.10. The lowest BCUT2D eigenvalue weighted by Crippen LogP contribution is -2.31. The molecule has 0 spiro atoms. The summed E-state index contributed by atoms with van der Waals surface area (Å²) in [6.07, 6.45) is 3.59. The van der Waals surface area contributed by atoms with Gasteiger partial charge in [0.05, 0.1) is 29.7 Å². The largest absolute Gasteiger partial charge is 0.458 e. The summed E-state index contributed by atoms with van der Waals surface area (Å²) in [5, 5.41) is 4.32. The molecule has 110 valence electrons. The Morgan fingerprint density at radius 2 is 2.24 bits per heavy atom. The standard InChI is InChI=1S/C12H12ClN5O2S/c1-7-10(21-17-16-7)11(19)18-3-2-9(6-18)20-12-14-4-8(13)5-15-12/h4-5,9H,2-3,6H2,1H3. The molecule has 0 saturated carbocycles. The Morgan fingerprint density at radius 1 is 1.48 bits per heavy atom. The number of carbonyl (C=O) groups is 1. The molecule has 1 unspecified atom stereocenters. The molecule has 0 N–H and O–H groups in total. The van der Waals surface area contributed by atoms with Gasteiger partial charge in [-0.15, -0.1) is 5.10 Å². The smallest absolute Gasteiger partial charge is 0.316 e. The van der Waals surface area contributed by atoms with E-state index in [0.29, 0.717) is 28.7 Å². The maximum Gasteiger partial charge on any atom is 0.316 e. The molecule has 0 aromatic carbocycles. The summed E-state index contributed by atoms with van der Waals surface area (Å²) in [5.74, 6) is -0.0503. The minimum absolute atomic E-state index is 0.0503. The minimum Gasteiger partial charge on any atom is -0.458 e. The lowest BCUT2D eigenvalue weighted by molar-refractivity contribution is 0.0773. The topological polar surface area (TPSA) is 81.1 Å². The first-order valence-electron chi connectivity index (χ1n) is 6.36. The molecule has 9 heteroatoms. The summed E-state index contributed by atoms with van der Waals surface area (Å²) in [7, 11) is 0. The van der Waals surface area contributed by atoms with E-state index in [-0.39, 0.29) is 18.0 Å². The molecule has 1 saturated heterocycles. The average molecular weight is 326 g/mol. The van der Waals surface area contributed by atoms with Crippen molar-refractivity contribution in [1.82, 2.24) is 24.5 Å². The fraction of sp³-hybridized carbons (Fsp3) is 0.417. The van der Waals surface area contributed by atoms with Gasteiger partial charge < -0.3 is 9.64 Å². The third-order valence-corrected chi connectivity index (χ3v) is 4.16. The number of ether oxygens (including phenoxy) is 1. The summed E-state index contributed by atoms with van der Waals surface area (Å²) in [6.45, 7) is 2.92. The Morgan fingerprint density at radius 3 is 2.90 bits per heavy atom. The molecule has 1 aliphatic rings. The molecule has 3 rings (SSSR count). The fourth-order valence-corrected chi connectivity index (χ4v) is 2.81. The first-order chi connectivity index (χ1) is 10.1. The van der Waals surface area contributed by atoms with E-state index in [1.54, 1.807) is 11.8 Å². The van der Waals surface area contributed by atoms with Gasteiger partial charge in [0.15, 0.2) is 0 Å². The van der Waals surface area contributed by atoms with Crippen molar-refractivity contribution in [3.63, 3.8) is 0 Å². The van der Waals surface area contributed by atoms with Crippen molar-refractivity contribution in [2.24, 2.45) is 0 Å². The van der Waals surface area contributed by atoms with Crippen molar-refractivity contribution in [2.45, 2.75) is 19.4 Å². The van der Waals surface area contributed by atoms with Crippen LogP contribution in [0, 0.1) is 6.92 Å². The minimum atomic E-state index is -0.115. The van der Waals surface area contributed by atoms with Gasteiger partial charge in [-0.25, -0.2) is 9.97 Å². The van der Waals surface area contributed by atoms with Gasteiger partial charge in [-0.1, -0.05) is 16.1 Å². The molecule has 1 fully saturated rings. The van der Waals surface area contributed by atoms with E-state index < -0.39 is 0 Å². The number of rotatable bonds is 3. The van der Waals surface area contributed by atoms with Crippen LogP contribution >= 0.6 is 23.1 Å². The lowest BCUT2D eigenvalue weighted by Gasteiger charge is -2.15. The molecule has 0 bridgehead atoms. The first-order valence-corrected chi connectivity index (χ1v) is 7.51. The van der Waals surface area contributed by atoms with E-state index >= 15 is 0 Å². The number of halogens is 1. The van der Waals surface area contributed by atoms with Crippen LogP contribution in [-0.2, 0) is 0 Å². The number of amides is 1. The van der Waals surface area contributed by atoms with Crippen LogP contribution in [0.4, 0.5) is 0 Å². The Bertz CT molecular complexity index is 647. The van der Waals surface area contributed by atoms with Crippen LogP contribution in [0.25, 0.3) is 0 Å². The van der Waals surface area contributed by atoms with E-state index in [2.05, 4.69) is 19.6 Å². The monoisotopic (exact) mass is 325 g/mol. The van der Waals surface area contributed by atoms with Crippen LogP contribution in [0.2, 0.25) is 5.02 Å². The molecule has 3 heterocycles. The summed E-state index contributed by atoms with van der Waals surface area (Å²) in [6, 6.07) is 0.273. The van der Waals surface area contributed by atoms with E-state index in [4.69, 9.17) is 16.3 Å². The van der Waals surface area contributed by atoms with E-state index in [9.17, 15) is 4.79 Å². The van der Waals surface area contributed by atoms with Crippen LogP contribution in [0.1, 0.15) is 21.8 Å². The molecule has 21 heavy (non-hydrogen) atoms. The fourth-order valence-electron chi connectivity index (χ4n) is 2.09. The van der Waals surface area contributed by atoms with Gasteiger partial charge >= 0.3 is 6.01 Å². The van der Waals surface area contributed by atoms with Crippen LogP contribution in [0.5, 0.6) is 6.01 Å². The van der Waals surface area contributed by atoms with Crippen molar-refractivity contribution >= 4 is 29.0 Å². The molecule has 2 aromatic heterocycles. The predicted molar refractivity (Wildman–Crippen MR) is 76.6 cm³/mol. The zero-order chi connectivity index (χ0) is 14.8. The normalized spacial score (nSPS) is 18.0. The molecule has 0 aliphatic carbocycles. The highest BCUT2D eigenvalue weighted by Gasteiger charge is 2.30. The van der Waals surface area contributed by atoms with Crippen molar-refractivity contribution in [3.8, 4) is 6.01 Å². The third kappa shape index (κ3) is 3.11. The second kappa shape index (κ2) is 5.90. The van der Waals surface area contributed by atoms with Crippen LogP contribution < -0.4 is 4.74 Å². The molecule has 7 nitrogen and oxygen atoms in total. The Labute approximate surface area is 130 Å². The highest BCUT2D eigenvalue weighted by Crippen LogP contribution is 2.20. The first kappa shape index (κ1) is 14.2. The Kier molecular flexibility index (Phi) is 3.98. The number of likely N-dealkylation sites (tertiary alicyclic amines) is 1. The van der Waals surface area contributed by atoms with Gasteiger partial charge in [0.25, 0.3) is 5.91 Å². The molecule has 1 atom stereocenters. The quantitative estimate of drug-likeness (QED) is 0.852. The van der Waals surface area contributed by atoms with E-state index in [1.165, 1.54) is 12.4 Å². The number of aromatic nitrogens is 4. The Balaban J connectivity index is 1.62. The van der Waals surface area contributed by atoms with Crippen molar-refractivity contribution in [3.05, 3.63) is 28.0 Å². The van der Waals surface area contributed by atoms with Gasteiger partial charge in [-0.05, 0) is 18.5 Å². The van der Waals surface area contributed by atoms with Crippen molar-refractivity contribution < 1.29 is 9.53 Å². The lowest BCUT2D eigenvalue weighted by atomic mass is 10.3. The second-order valence-corrected chi connectivity index (χ2v) is 5.84. The predicted octanol–water partition coefficient (Wildman–Crippen LogP) is 1.58. The van der Waals surface area contributed by atoms with Gasteiger partial charge in [0.2, 0.25) is 0 Å². The number of nitrogens with zero attached hydrogens (tertiary/aromatic N) is 5. The van der Waals surface area contributed by atoms with Gasteiger partial charge in [-0.2, -0.15) is 0 Å². The highest BCUT2D eigenvalue weighted by atomic mass is 35.5. The molecular formula is C12H12ClN5O2S. The number of hydrogen-bond acceptors (Lipinski definition) is 7.